The summed E-state index contributed by atoms with van der Waals surface area (Å²) in [7, 11) is 0. The Balaban J connectivity index is 1.85. The normalized spacial score (nSPS) is 12.4. The first-order valence-electron chi connectivity index (χ1n) is 9.43. The Hall–Kier alpha value is -2.65. The fourth-order valence-corrected chi connectivity index (χ4v) is 3.08. The van der Waals surface area contributed by atoms with Crippen molar-refractivity contribution in [1.82, 2.24) is 20.1 Å². The highest BCUT2D eigenvalue weighted by Gasteiger charge is 2.30. The first kappa shape index (κ1) is 23.0. The average Bonchev–Trinajstić information content (AvgIpc) is 3.10. The average molecular weight is 457 g/mol. The third kappa shape index (κ3) is 5.54. The zero-order valence-electron chi connectivity index (χ0n) is 16.9. The maximum atomic E-state index is 12.9. The second-order valence-electron chi connectivity index (χ2n) is 7.95. The number of alkyl halides is 4. The Bertz CT molecular complexity index is 1100. The Labute approximate surface area is 181 Å². The summed E-state index contributed by atoms with van der Waals surface area (Å²) in [6, 6.07) is 9.30. The van der Waals surface area contributed by atoms with Crippen molar-refractivity contribution in [3.63, 3.8) is 0 Å². The van der Waals surface area contributed by atoms with Crippen molar-refractivity contribution < 1.29 is 17.6 Å². The van der Waals surface area contributed by atoms with Gasteiger partial charge in [0.1, 0.15) is 0 Å². The van der Waals surface area contributed by atoms with Gasteiger partial charge in [0.2, 0.25) is 0 Å². The van der Waals surface area contributed by atoms with E-state index in [1.165, 1.54) is 12.1 Å². The summed E-state index contributed by atoms with van der Waals surface area (Å²) in [5, 5.41) is 7.72. The fourth-order valence-electron chi connectivity index (χ4n) is 2.87. The van der Waals surface area contributed by atoms with Crippen LogP contribution in [0.15, 0.2) is 47.3 Å². The minimum absolute atomic E-state index is 0.181. The van der Waals surface area contributed by atoms with Gasteiger partial charge < -0.3 is 5.32 Å². The molecule has 0 fully saturated rings. The molecule has 0 aliphatic heterocycles. The van der Waals surface area contributed by atoms with Crippen molar-refractivity contribution in [2.45, 2.75) is 26.6 Å². The second kappa shape index (κ2) is 8.84. The summed E-state index contributed by atoms with van der Waals surface area (Å²) >= 11 is 6.27. The predicted octanol–water partition coefficient (Wildman–Crippen LogP) is 4.99. The summed E-state index contributed by atoms with van der Waals surface area (Å²) in [5.74, 6) is 0.181. The molecule has 10 heteroatoms. The van der Waals surface area contributed by atoms with Crippen LogP contribution < -0.4 is 11.0 Å². The van der Waals surface area contributed by atoms with Gasteiger partial charge in [0.15, 0.2) is 5.82 Å². The van der Waals surface area contributed by atoms with E-state index in [2.05, 4.69) is 15.4 Å². The summed E-state index contributed by atoms with van der Waals surface area (Å²) in [5.41, 5.74) is -0.422. The highest BCUT2D eigenvalue weighted by atomic mass is 35.5. The van der Waals surface area contributed by atoms with Gasteiger partial charge in [-0.3, -0.25) is 9.37 Å². The molecule has 2 N–H and O–H groups in total. The van der Waals surface area contributed by atoms with Gasteiger partial charge in [-0.15, -0.1) is 5.10 Å². The molecule has 0 saturated heterocycles. The molecule has 1 heterocycles. The highest BCUT2D eigenvalue weighted by molar-refractivity contribution is 6.33. The van der Waals surface area contributed by atoms with Crippen LogP contribution in [0, 0.1) is 5.41 Å². The lowest BCUT2D eigenvalue weighted by atomic mass is 9.95. The maximum absolute atomic E-state index is 12.9. The molecular formula is C21H21ClF4N4O. The van der Waals surface area contributed by atoms with Gasteiger partial charge in [-0.2, -0.15) is 17.9 Å². The summed E-state index contributed by atoms with van der Waals surface area (Å²) < 4.78 is 52.2. The van der Waals surface area contributed by atoms with Gasteiger partial charge in [0, 0.05) is 24.1 Å². The molecule has 31 heavy (non-hydrogen) atoms. The second-order valence-corrected chi connectivity index (χ2v) is 8.36. The molecule has 166 valence electrons. The lowest BCUT2D eigenvalue weighted by Crippen LogP contribution is -2.30. The zero-order chi connectivity index (χ0) is 22.8. The molecule has 3 rings (SSSR count). The fraction of sp³-hybridized carbons (Fsp3) is 0.333. The number of hydrogen-bond donors (Lipinski definition) is 2. The summed E-state index contributed by atoms with van der Waals surface area (Å²) in [6.45, 7) is 4.10. The molecule has 0 aliphatic carbocycles. The molecule has 0 unspecified atom stereocenters. The molecule has 0 spiro atoms. The Morgan fingerprint density at radius 1 is 1.13 bits per heavy atom. The monoisotopic (exact) mass is 456 g/mol. The lowest BCUT2D eigenvalue weighted by molar-refractivity contribution is -0.137. The minimum Gasteiger partial charge on any atom is -0.312 e. The van der Waals surface area contributed by atoms with E-state index < -0.39 is 29.5 Å². The lowest BCUT2D eigenvalue weighted by Gasteiger charge is -2.20. The van der Waals surface area contributed by atoms with Crippen LogP contribution in [-0.2, 0) is 12.7 Å². The van der Waals surface area contributed by atoms with Crippen molar-refractivity contribution in [3.8, 4) is 17.1 Å². The molecule has 1 aromatic heterocycles. The van der Waals surface area contributed by atoms with Crippen molar-refractivity contribution in [2.75, 3.05) is 13.2 Å². The van der Waals surface area contributed by atoms with Gasteiger partial charge in [-0.25, -0.2) is 4.79 Å². The molecule has 0 bridgehead atoms. The molecular weight excluding hydrogens is 436 g/mol. The number of nitrogens with zero attached hydrogens (tertiary/aromatic N) is 2. The first-order chi connectivity index (χ1) is 14.5. The van der Waals surface area contributed by atoms with E-state index in [0.717, 1.165) is 22.4 Å². The van der Waals surface area contributed by atoms with Gasteiger partial charge in [-0.05, 0) is 42.0 Å². The highest BCUT2D eigenvalue weighted by Crippen LogP contribution is 2.30. The number of rotatable bonds is 7. The van der Waals surface area contributed by atoms with E-state index in [1.54, 1.807) is 18.2 Å². The van der Waals surface area contributed by atoms with Gasteiger partial charge >= 0.3 is 11.9 Å². The van der Waals surface area contributed by atoms with Crippen LogP contribution in [0.2, 0.25) is 5.02 Å². The van der Waals surface area contributed by atoms with E-state index >= 15 is 0 Å². The standard InChI is InChI=1S/C21H21ClF4N4O/c1-20(2,11-23)12-27-10-13-3-8-17(22)16(9-13)18-28-19(31)30(29-18)15-6-4-14(5-7-15)21(24,25)26/h3-9,27H,10-12H2,1-2H3,(H,28,29,31). The SMILES string of the molecule is CC(C)(CF)CNCc1ccc(Cl)c(-c2nn(-c3ccc(C(F)(F)F)cc3)c(=O)[nH]2)c1. The van der Waals surface area contributed by atoms with E-state index in [4.69, 9.17) is 11.6 Å². The summed E-state index contributed by atoms with van der Waals surface area (Å²) in [4.78, 5) is 14.9. The number of halogens is 5. The molecule has 3 aromatic rings. The Morgan fingerprint density at radius 2 is 1.81 bits per heavy atom. The largest absolute Gasteiger partial charge is 0.416 e. The minimum atomic E-state index is -4.47. The van der Waals surface area contributed by atoms with Crippen molar-refractivity contribution in [2.24, 2.45) is 5.41 Å². The Kier molecular flexibility index (Phi) is 6.56. The zero-order valence-corrected chi connectivity index (χ0v) is 17.6. The first-order valence-corrected chi connectivity index (χ1v) is 9.80. The predicted molar refractivity (Wildman–Crippen MR) is 111 cm³/mol. The maximum Gasteiger partial charge on any atom is 0.416 e. The Morgan fingerprint density at radius 3 is 2.42 bits per heavy atom. The van der Waals surface area contributed by atoms with Crippen LogP contribution in [0.3, 0.4) is 0 Å². The molecule has 0 radical (unpaired) electrons. The van der Waals surface area contributed by atoms with E-state index in [9.17, 15) is 22.4 Å². The number of benzene rings is 2. The third-order valence-electron chi connectivity index (χ3n) is 4.64. The van der Waals surface area contributed by atoms with Gasteiger partial charge in [-0.1, -0.05) is 31.5 Å². The summed E-state index contributed by atoms with van der Waals surface area (Å²) in [6.07, 6.45) is -4.47. The molecule has 0 atom stereocenters. The van der Waals surface area contributed by atoms with Crippen LogP contribution >= 0.6 is 11.6 Å². The van der Waals surface area contributed by atoms with Gasteiger partial charge in [0.25, 0.3) is 0 Å². The third-order valence-corrected chi connectivity index (χ3v) is 4.97. The van der Waals surface area contributed by atoms with Crippen molar-refractivity contribution >= 4 is 11.6 Å². The molecule has 0 saturated carbocycles. The number of hydrogen-bond acceptors (Lipinski definition) is 3. The van der Waals surface area contributed by atoms with E-state index in [0.29, 0.717) is 23.7 Å². The van der Waals surface area contributed by atoms with Crippen LogP contribution in [0.4, 0.5) is 17.6 Å². The quantitative estimate of drug-likeness (QED) is 0.493. The van der Waals surface area contributed by atoms with Crippen LogP contribution in [-0.4, -0.2) is 28.0 Å². The van der Waals surface area contributed by atoms with Crippen LogP contribution in [0.25, 0.3) is 17.1 Å². The smallest absolute Gasteiger partial charge is 0.312 e. The molecule has 0 amide bonds. The topological polar surface area (TPSA) is 62.7 Å². The molecule has 2 aromatic carbocycles. The number of aromatic amines is 1. The molecule has 5 nitrogen and oxygen atoms in total. The molecule has 0 aliphatic rings. The number of aromatic nitrogens is 3. The van der Waals surface area contributed by atoms with Crippen LogP contribution in [0.5, 0.6) is 0 Å². The number of H-pyrrole nitrogens is 1. The van der Waals surface area contributed by atoms with Crippen molar-refractivity contribution in [1.29, 1.82) is 0 Å². The van der Waals surface area contributed by atoms with Gasteiger partial charge in [0.05, 0.1) is 22.9 Å². The van der Waals surface area contributed by atoms with E-state index in [1.807, 2.05) is 13.8 Å². The van der Waals surface area contributed by atoms with E-state index in [-0.39, 0.29) is 11.5 Å². The number of nitrogens with one attached hydrogen (secondary N) is 2. The van der Waals surface area contributed by atoms with Crippen molar-refractivity contribution in [3.05, 3.63) is 69.1 Å². The van der Waals surface area contributed by atoms with Crippen LogP contribution in [0.1, 0.15) is 25.0 Å².